The van der Waals surface area contributed by atoms with E-state index in [-0.39, 0.29) is 24.0 Å². The lowest BCUT2D eigenvalue weighted by molar-refractivity contribution is -0.115. The van der Waals surface area contributed by atoms with Gasteiger partial charge in [-0.05, 0) is 50.9 Å². The number of hydrogen-bond acceptors (Lipinski definition) is 5. The highest BCUT2D eigenvalue weighted by Gasteiger charge is 2.20. The summed E-state index contributed by atoms with van der Waals surface area (Å²) in [6, 6.07) is 9.71. The Morgan fingerprint density at radius 1 is 1.26 bits per heavy atom. The normalized spacial score (nSPS) is 12.3. The van der Waals surface area contributed by atoms with E-state index in [1.807, 2.05) is 57.9 Å². The number of carbonyl (C=O) groups is 2. The second-order valence-electron chi connectivity index (χ2n) is 10.0. The molecule has 0 fully saturated rings. The fourth-order valence-electron chi connectivity index (χ4n) is 3.71. The molecule has 0 aliphatic heterocycles. The predicted molar refractivity (Wildman–Crippen MR) is 159 cm³/mol. The summed E-state index contributed by atoms with van der Waals surface area (Å²) in [6.45, 7) is 12.7. The van der Waals surface area contributed by atoms with E-state index in [4.69, 9.17) is 4.74 Å². The van der Waals surface area contributed by atoms with E-state index < -0.39 is 0 Å². The minimum atomic E-state index is -0.315. The molecule has 9 heteroatoms. The quantitative estimate of drug-likeness (QED) is 0.261. The van der Waals surface area contributed by atoms with Gasteiger partial charge in [0.1, 0.15) is 0 Å². The van der Waals surface area contributed by atoms with Crippen LogP contribution in [0, 0.1) is 12.8 Å². The van der Waals surface area contributed by atoms with Crippen molar-refractivity contribution in [3.05, 3.63) is 59.2 Å². The van der Waals surface area contributed by atoms with Crippen molar-refractivity contribution in [3.8, 4) is 11.3 Å². The van der Waals surface area contributed by atoms with E-state index in [2.05, 4.69) is 43.3 Å². The summed E-state index contributed by atoms with van der Waals surface area (Å²) >= 11 is 1.35. The Hall–Kier alpha value is -2.91. The molecule has 2 heterocycles. The topological polar surface area (TPSA) is 85.2 Å². The van der Waals surface area contributed by atoms with Crippen LogP contribution < -0.4 is 10.6 Å². The van der Waals surface area contributed by atoms with Crippen LogP contribution in [-0.2, 0) is 9.53 Å². The van der Waals surface area contributed by atoms with Crippen molar-refractivity contribution in [3.63, 3.8) is 0 Å². The largest absolute Gasteiger partial charge is 0.402 e. The number of benzene rings is 1. The maximum Gasteiger partial charge on any atom is 0.253 e. The van der Waals surface area contributed by atoms with Crippen LogP contribution in [0.25, 0.3) is 11.3 Å². The maximum absolute atomic E-state index is 12.0. The number of aryl methyl sites for hydroxylation is 1. The number of methoxy groups -OCH3 is 1. The first-order valence-corrected chi connectivity index (χ1v) is 14.1. The van der Waals surface area contributed by atoms with Gasteiger partial charge in [-0.25, -0.2) is 4.98 Å². The molecule has 0 bridgehead atoms. The molecule has 0 aliphatic carbocycles. The lowest BCUT2D eigenvalue weighted by Crippen LogP contribution is -2.32. The van der Waals surface area contributed by atoms with Crippen LogP contribution in [0.5, 0.6) is 0 Å². The molecule has 0 saturated carbocycles. The molecular formula is C29H42BN4O3S. The molecule has 0 spiro atoms. The van der Waals surface area contributed by atoms with Gasteiger partial charge in [0, 0.05) is 24.3 Å². The van der Waals surface area contributed by atoms with Crippen molar-refractivity contribution in [1.29, 1.82) is 0 Å². The van der Waals surface area contributed by atoms with Crippen LogP contribution >= 0.6 is 11.3 Å². The zero-order valence-electron chi connectivity index (χ0n) is 23.8. The first-order chi connectivity index (χ1) is 18.1. The number of nitrogens with zero attached hydrogens (tertiary/aromatic N) is 2. The second kappa shape index (κ2) is 15.5. The highest BCUT2D eigenvalue weighted by molar-refractivity contribution is 7.14. The second-order valence-corrected chi connectivity index (χ2v) is 10.9. The standard InChI is InChI=1S/C18H18BN4O2S.C11H24O/c1-12-4-3-5-13(8-12)15-11-26-18(21-15)22-16(24)9-20-17(25)14-6-7-23(10-14)19-2;1-6-11(4,12-5)9-7-8-10(2)3/h3-8,10-11H,9H2,1-2H3,(H,20,25)(H,21,22,24);10H,6-9H2,1-5H3/t;11-/m.0/s1. The third-order valence-electron chi connectivity index (χ3n) is 6.48. The third-order valence-corrected chi connectivity index (χ3v) is 7.23. The summed E-state index contributed by atoms with van der Waals surface area (Å²) in [5, 5.41) is 7.72. The Morgan fingerprint density at radius 2 is 2.03 bits per heavy atom. The highest BCUT2D eigenvalue weighted by atomic mass is 32.1. The zero-order valence-corrected chi connectivity index (χ0v) is 24.7. The van der Waals surface area contributed by atoms with Crippen LogP contribution in [-0.4, -0.2) is 47.9 Å². The minimum absolute atomic E-state index is 0.112. The first kappa shape index (κ1) is 31.3. The van der Waals surface area contributed by atoms with E-state index in [0.717, 1.165) is 29.2 Å². The molecule has 1 radical (unpaired) electrons. The summed E-state index contributed by atoms with van der Waals surface area (Å²) in [5.41, 5.74) is 3.60. The molecule has 3 rings (SSSR count). The van der Waals surface area contributed by atoms with E-state index in [1.165, 1.54) is 30.6 Å². The van der Waals surface area contributed by atoms with Crippen molar-refractivity contribution >= 4 is 35.7 Å². The average Bonchev–Trinajstić information content (AvgIpc) is 3.57. The van der Waals surface area contributed by atoms with E-state index >= 15 is 0 Å². The number of thiazole rings is 1. The van der Waals surface area contributed by atoms with Crippen LogP contribution in [0.2, 0.25) is 6.82 Å². The smallest absolute Gasteiger partial charge is 0.253 e. The number of ether oxygens (including phenoxy) is 1. The Morgan fingerprint density at radius 3 is 2.63 bits per heavy atom. The molecule has 2 aromatic heterocycles. The highest BCUT2D eigenvalue weighted by Crippen LogP contribution is 2.25. The van der Waals surface area contributed by atoms with Gasteiger partial charge in [-0.3, -0.25) is 9.59 Å². The van der Waals surface area contributed by atoms with Crippen molar-refractivity contribution in [2.75, 3.05) is 19.0 Å². The molecule has 1 aromatic carbocycles. The molecule has 205 valence electrons. The zero-order chi connectivity index (χ0) is 28.1. The molecule has 1 atom stereocenters. The van der Waals surface area contributed by atoms with Gasteiger partial charge in [-0.1, -0.05) is 64.2 Å². The number of aromatic nitrogens is 2. The molecule has 0 saturated heterocycles. The van der Waals surface area contributed by atoms with Crippen molar-refractivity contribution < 1.29 is 14.3 Å². The number of anilines is 1. The minimum Gasteiger partial charge on any atom is -0.402 e. The fourth-order valence-corrected chi connectivity index (χ4v) is 4.45. The van der Waals surface area contributed by atoms with Gasteiger partial charge in [-0.15, -0.1) is 11.3 Å². The molecular weight excluding hydrogens is 495 g/mol. The lowest BCUT2D eigenvalue weighted by Gasteiger charge is -2.26. The van der Waals surface area contributed by atoms with Gasteiger partial charge >= 0.3 is 0 Å². The third kappa shape index (κ3) is 10.5. The average molecular weight is 538 g/mol. The van der Waals surface area contributed by atoms with Crippen LogP contribution in [0.3, 0.4) is 0 Å². The van der Waals surface area contributed by atoms with Gasteiger partial charge in [0.15, 0.2) is 5.13 Å². The molecule has 2 amide bonds. The van der Waals surface area contributed by atoms with E-state index in [9.17, 15) is 9.59 Å². The summed E-state index contributed by atoms with van der Waals surface area (Å²) in [7, 11) is 3.65. The molecule has 38 heavy (non-hydrogen) atoms. The first-order valence-electron chi connectivity index (χ1n) is 13.2. The summed E-state index contributed by atoms with van der Waals surface area (Å²) < 4.78 is 7.24. The van der Waals surface area contributed by atoms with Gasteiger partial charge in [0.05, 0.1) is 23.4 Å². The fraction of sp³-hybridized carbons (Fsp3) is 0.483. The molecule has 3 aromatic rings. The molecule has 0 unspecified atom stereocenters. The van der Waals surface area contributed by atoms with E-state index in [0.29, 0.717) is 10.7 Å². The van der Waals surface area contributed by atoms with Crippen LogP contribution in [0.4, 0.5) is 5.13 Å². The summed E-state index contributed by atoms with van der Waals surface area (Å²) in [4.78, 5) is 28.5. The number of hydrogen-bond donors (Lipinski definition) is 2. The Kier molecular flexibility index (Phi) is 12.8. The number of carbonyl (C=O) groups excluding carboxylic acids is 2. The number of rotatable bonds is 12. The lowest BCUT2D eigenvalue weighted by atomic mass is 9.93. The SMILES string of the molecule is CC[C@@](C)(CCCC(C)C)OC.C[B]n1ccc(C(=O)NCC(=O)Nc2nc(-c3cccc(C)c3)cs2)c1. The van der Waals surface area contributed by atoms with Gasteiger partial charge in [-0.2, -0.15) is 0 Å². The summed E-state index contributed by atoms with van der Waals surface area (Å²) in [5.74, 6) is 0.216. The predicted octanol–water partition coefficient (Wildman–Crippen LogP) is 6.43. The van der Waals surface area contributed by atoms with Crippen LogP contribution in [0.1, 0.15) is 69.3 Å². The van der Waals surface area contributed by atoms with Crippen molar-refractivity contribution in [1.82, 2.24) is 14.8 Å². The Balaban J connectivity index is 0.000000358. The Bertz CT molecular complexity index is 1150. The molecule has 0 aliphatic rings. The molecule has 2 N–H and O–H groups in total. The van der Waals surface area contributed by atoms with Crippen molar-refractivity contribution in [2.24, 2.45) is 5.92 Å². The van der Waals surface area contributed by atoms with Crippen LogP contribution in [0.15, 0.2) is 48.1 Å². The summed E-state index contributed by atoms with van der Waals surface area (Å²) in [6.07, 6.45) is 8.38. The maximum atomic E-state index is 12.0. The van der Waals surface area contributed by atoms with Gasteiger partial charge < -0.3 is 19.8 Å². The van der Waals surface area contributed by atoms with Gasteiger partial charge in [0.25, 0.3) is 5.91 Å². The van der Waals surface area contributed by atoms with E-state index in [1.54, 1.807) is 22.9 Å². The van der Waals surface area contributed by atoms with Gasteiger partial charge in [0.2, 0.25) is 13.3 Å². The monoisotopic (exact) mass is 537 g/mol. The van der Waals surface area contributed by atoms with Crippen molar-refractivity contribution in [2.45, 2.75) is 72.7 Å². The number of nitrogens with one attached hydrogen (secondary N) is 2. The Labute approximate surface area is 232 Å². The molecule has 7 nitrogen and oxygen atoms in total. The number of amides is 2.